The Morgan fingerprint density at radius 1 is 0.786 bits per heavy atom. The van der Waals surface area contributed by atoms with Gasteiger partial charge in [-0.05, 0) is 16.7 Å². The van der Waals surface area contributed by atoms with E-state index >= 15 is 0 Å². The molecule has 0 fully saturated rings. The monoisotopic (exact) mass is 384 g/mol. The fraction of sp³-hybridized carbons (Fsp3) is 0.0833. The Bertz CT molecular complexity index is 963. The molecule has 0 unspecified atom stereocenters. The maximum absolute atomic E-state index is 11.8. The number of rotatable bonds is 6. The SMILES string of the molecule is O=C(S)Cc1cncn1C(c1ccccc1)(c1ccccc1)c1ccccc1. The third-order valence-electron chi connectivity index (χ3n) is 4.98. The molecule has 1 heterocycles. The first-order valence-corrected chi connectivity index (χ1v) is 9.57. The van der Waals surface area contributed by atoms with Crippen LogP contribution in [0.1, 0.15) is 22.4 Å². The van der Waals surface area contributed by atoms with Crippen molar-refractivity contribution in [2.45, 2.75) is 12.0 Å². The third kappa shape index (κ3) is 3.16. The van der Waals surface area contributed by atoms with Crippen LogP contribution in [-0.2, 0) is 16.8 Å². The minimum absolute atomic E-state index is 0.190. The highest BCUT2D eigenvalue weighted by molar-refractivity contribution is 7.96. The molecule has 4 aromatic rings. The largest absolute Gasteiger partial charge is 0.316 e. The quantitative estimate of drug-likeness (QED) is 0.385. The molecule has 138 valence electrons. The fourth-order valence-electron chi connectivity index (χ4n) is 3.87. The van der Waals surface area contributed by atoms with Gasteiger partial charge in [0.15, 0.2) is 5.12 Å². The van der Waals surface area contributed by atoms with Gasteiger partial charge < -0.3 is 4.57 Å². The molecule has 3 aromatic carbocycles. The Hall–Kier alpha value is -3.11. The van der Waals surface area contributed by atoms with Crippen LogP contribution in [0.25, 0.3) is 0 Å². The zero-order valence-electron chi connectivity index (χ0n) is 15.3. The van der Waals surface area contributed by atoms with Gasteiger partial charge in [0.1, 0.15) is 5.54 Å². The number of benzene rings is 3. The molecule has 0 aliphatic carbocycles. The lowest BCUT2D eigenvalue weighted by molar-refractivity contribution is -0.110. The van der Waals surface area contributed by atoms with E-state index in [2.05, 4.69) is 58.6 Å². The van der Waals surface area contributed by atoms with Gasteiger partial charge in [-0.3, -0.25) is 4.79 Å². The predicted molar refractivity (Wildman–Crippen MR) is 115 cm³/mol. The van der Waals surface area contributed by atoms with Gasteiger partial charge in [0.2, 0.25) is 0 Å². The second-order valence-corrected chi connectivity index (χ2v) is 7.13. The average molecular weight is 385 g/mol. The summed E-state index contributed by atoms with van der Waals surface area (Å²) in [5, 5.41) is -0.190. The Morgan fingerprint density at radius 2 is 1.21 bits per heavy atom. The average Bonchev–Trinajstić information content (AvgIpc) is 3.19. The Labute approximate surface area is 170 Å². The minimum atomic E-state index is -0.654. The van der Waals surface area contributed by atoms with Crippen molar-refractivity contribution in [3.05, 3.63) is 126 Å². The molecule has 0 amide bonds. The van der Waals surface area contributed by atoms with Gasteiger partial charge in [0, 0.05) is 11.9 Å². The summed E-state index contributed by atoms with van der Waals surface area (Å²) in [6.45, 7) is 0. The second kappa shape index (κ2) is 7.87. The first-order valence-electron chi connectivity index (χ1n) is 9.13. The van der Waals surface area contributed by atoms with E-state index in [0.717, 1.165) is 22.4 Å². The van der Waals surface area contributed by atoms with Crippen molar-refractivity contribution in [3.8, 4) is 0 Å². The Kier molecular flexibility index (Phi) is 5.13. The van der Waals surface area contributed by atoms with E-state index in [-0.39, 0.29) is 11.5 Å². The number of carbonyl (C=O) groups excluding carboxylic acids is 1. The van der Waals surface area contributed by atoms with Gasteiger partial charge in [-0.25, -0.2) is 4.98 Å². The van der Waals surface area contributed by atoms with Crippen LogP contribution in [0.3, 0.4) is 0 Å². The molecule has 3 nitrogen and oxygen atoms in total. The first-order chi connectivity index (χ1) is 13.7. The predicted octanol–water partition coefficient (Wildman–Crippen LogP) is 4.72. The van der Waals surface area contributed by atoms with E-state index in [9.17, 15) is 4.79 Å². The molecule has 0 aliphatic rings. The number of aromatic nitrogens is 2. The molecule has 0 bridgehead atoms. The van der Waals surface area contributed by atoms with Crippen molar-refractivity contribution in [1.82, 2.24) is 9.55 Å². The van der Waals surface area contributed by atoms with Gasteiger partial charge >= 0.3 is 0 Å². The van der Waals surface area contributed by atoms with Gasteiger partial charge in [0.25, 0.3) is 0 Å². The van der Waals surface area contributed by atoms with Crippen molar-refractivity contribution in [1.29, 1.82) is 0 Å². The maximum Gasteiger partial charge on any atom is 0.191 e. The standard InChI is InChI=1S/C24H20N2OS/c27-23(28)16-22-17-25-18-26(22)24(19-10-4-1-5-11-19,20-12-6-2-7-13-20)21-14-8-3-9-15-21/h1-15,17-18H,16H2,(H,27,28). The molecule has 0 saturated carbocycles. The van der Waals surface area contributed by atoms with E-state index in [4.69, 9.17) is 0 Å². The first kappa shape index (κ1) is 18.3. The molecule has 0 radical (unpaired) electrons. The van der Waals surface area contributed by atoms with Crippen LogP contribution in [0.15, 0.2) is 104 Å². The number of thiol groups is 1. The van der Waals surface area contributed by atoms with Crippen LogP contribution in [0.4, 0.5) is 0 Å². The maximum atomic E-state index is 11.8. The summed E-state index contributed by atoms with van der Waals surface area (Å²) < 4.78 is 2.10. The summed E-state index contributed by atoms with van der Waals surface area (Å²) in [6, 6.07) is 31.0. The van der Waals surface area contributed by atoms with Gasteiger partial charge in [0.05, 0.1) is 12.7 Å². The molecule has 0 N–H and O–H groups in total. The highest BCUT2D eigenvalue weighted by Crippen LogP contribution is 2.41. The van der Waals surface area contributed by atoms with Crippen LogP contribution >= 0.6 is 12.6 Å². The smallest absolute Gasteiger partial charge is 0.191 e. The highest BCUT2D eigenvalue weighted by Gasteiger charge is 2.39. The summed E-state index contributed by atoms with van der Waals surface area (Å²) in [5.74, 6) is 0. The number of carbonyl (C=O) groups is 1. The molecule has 0 saturated heterocycles. The zero-order chi connectivity index (χ0) is 19.4. The van der Waals surface area contributed by atoms with Gasteiger partial charge in [-0.2, -0.15) is 0 Å². The molecule has 4 rings (SSSR count). The number of nitrogens with zero attached hydrogens (tertiary/aromatic N) is 2. The van der Waals surface area contributed by atoms with Crippen molar-refractivity contribution in [3.63, 3.8) is 0 Å². The lowest BCUT2D eigenvalue weighted by atomic mass is 9.76. The molecule has 1 aromatic heterocycles. The Morgan fingerprint density at radius 3 is 1.61 bits per heavy atom. The van der Waals surface area contributed by atoms with Crippen LogP contribution in [0.2, 0.25) is 0 Å². The van der Waals surface area contributed by atoms with E-state index in [1.807, 2.05) is 54.6 Å². The third-order valence-corrected chi connectivity index (χ3v) is 5.14. The molecule has 0 aliphatic heterocycles. The molecule has 0 spiro atoms. The topological polar surface area (TPSA) is 34.9 Å². The molecule has 0 atom stereocenters. The van der Waals surface area contributed by atoms with Crippen LogP contribution in [0.5, 0.6) is 0 Å². The van der Waals surface area contributed by atoms with E-state index in [1.165, 1.54) is 0 Å². The normalized spacial score (nSPS) is 11.3. The van der Waals surface area contributed by atoms with Gasteiger partial charge in [-0.1, -0.05) is 91.0 Å². The van der Waals surface area contributed by atoms with E-state index in [1.54, 1.807) is 12.5 Å². The lowest BCUT2D eigenvalue weighted by Gasteiger charge is -2.38. The number of imidazole rings is 1. The number of hydrogen-bond acceptors (Lipinski definition) is 2. The fourth-order valence-corrected chi connectivity index (χ4v) is 4.03. The van der Waals surface area contributed by atoms with Crippen molar-refractivity contribution >= 4 is 17.7 Å². The van der Waals surface area contributed by atoms with Gasteiger partial charge in [-0.15, -0.1) is 12.6 Å². The molecular weight excluding hydrogens is 364 g/mol. The number of hydrogen-bond donors (Lipinski definition) is 1. The molecular formula is C24H20N2OS. The minimum Gasteiger partial charge on any atom is -0.316 e. The Balaban J connectivity index is 2.11. The molecule has 4 heteroatoms. The highest BCUT2D eigenvalue weighted by atomic mass is 32.1. The van der Waals surface area contributed by atoms with Crippen LogP contribution in [-0.4, -0.2) is 14.7 Å². The summed E-state index contributed by atoms with van der Waals surface area (Å²) >= 11 is 4.01. The molecule has 28 heavy (non-hydrogen) atoms. The van der Waals surface area contributed by atoms with Crippen molar-refractivity contribution < 1.29 is 4.79 Å². The van der Waals surface area contributed by atoms with Crippen LogP contribution in [0, 0.1) is 0 Å². The van der Waals surface area contributed by atoms with E-state index < -0.39 is 5.54 Å². The zero-order valence-corrected chi connectivity index (χ0v) is 16.2. The van der Waals surface area contributed by atoms with Crippen molar-refractivity contribution in [2.75, 3.05) is 0 Å². The van der Waals surface area contributed by atoms with Crippen molar-refractivity contribution in [2.24, 2.45) is 0 Å². The second-order valence-electron chi connectivity index (χ2n) is 6.63. The lowest BCUT2D eigenvalue weighted by Crippen LogP contribution is -2.38. The van der Waals surface area contributed by atoms with Crippen LogP contribution < -0.4 is 0 Å². The summed E-state index contributed by atoms with van der Waals surface area (Å²) in [5.41, 5.74) is 3.45. The summed E-state index contributed by atoms with van der Waals surface area (Å²) in [4.78, 5) is 16.2. The van der Waals surface area contributed by atoms with E-state index in [0.29, 0.717) is 0 Å². The summed E-state index contributed by atoms with van der Waals surface area (Å²) in [7, 11) is 0. The summed E-state index contributed by atoms with van der Waals surface area (Å²) in [6.07, 6.45) is 3.76.